The van der Waals surface area contributed by atoms with Gasteiger partial charge in [-0.25, -0.2) is 16.8 Å². The fourth-order valence-electron chi connectivity index (χ4n) is 1.14. The van der Waals surface area contributed by atoms with Gasteiger partial charge >= 0.3 is 0 Å². The van der Waals surface area contributed by atoms with Gasteiger partial charge in [0, 0.05) is 12.7 Å². The van der Waals surface area contributed by atoms with E-state index in [1.165, 1.54) is 31.3 Å². The standard InChI is InChI=1S/C9H14N2O4S2/c1-11(17(3,14)15)9-6-4-8(5-7-9)10-16(2,12)13/h4-7,10H,1-3H3. The molecule has 17 heavy (non-hydrogen) atoms. The molecule has 0 radical (unpaired) electrons. The lowest BCUT2D eigenvalue weighted by atomic mass is 10.3. The number of rotatable bonds is 4. The molecule has 0 heterocycles. The third kappa shape index (κ3) is 4.23. The topological polar surface area (TPSA) is 83.6 Å². The molecule has 0 aromatic heterocycles. The van der Waals surface area contributed by atoms with Crippen LogP contribution in [-0.2, 0) is 20.0 Å². The molecule has 1 aromatic rings. The molecule has 1 rings (SSSR count). The monoisotopic (exact) mass is 278 g/mol. The first-order chi connectivity index (χ1) is 7.59. The smallest absolute Gasteiger partial charge is 0.231 e. The first kappa shape index (κ1) is 13.8. The lowest BCUT2D eigenvalue weighted by Crippen LogP contribution is -2.24. The van der Waals surface area contributed by atoms with Gasteiger partial charge in [0.15, 0.2) is 0 Å². The fraction of sp³-hybridized carbons (Fsp3) is 0.333. The van der Waals surface area contributed by atoms with Gasteiger partial charge in [0.25, 0.3) is 0 Å². The molecule has 0 aliphatic rings. The van der Waals surface area contributed by atoms with Crippen LogP contribution in [0.25, 0.3) is 0 Å². The molecule has 96 valence electrons. The van der Waals surface area contributed by atoms with Crippen molar-refractivity contribution in [2.75, 3.05) is 28.6 Å². The molecule has 0 bridgehead atoms. The summed E-state index contributed by atoms with van der Waals surface area (Å²) in [5, 5.41) is 0. The van der Waals surface area contributed by atoms with Crippen LogP contribution < -0.4 is 9.03 Å². The summed E-state index contributed by atoms with van der Waals surface area (Å²) in [6.07, 6.45) is 2.14. The van der Waals surface area contributed by atoms with E-state index in [0.29, 0.717) is 11.4 Å². The van der Waals surface area contributed by atoms with Crippen LogP contribution in [0.3, 0.4) is 0 Å². The van der Waals surface area contributed by atoms with Crippen molar-refractivity contribution in [2.24, 2.45) is 0 Å². The van der Waals surface area contributed by atoms with Crippen molar-refractivity contribution in [3.8, 4) is 0 Å². The Morgan fingerprint density at radius 2 is 1.47 bits per heavy atom. The molecular formula is C9H14N2O4S2. The van der Waals surface area contributed by atoms with Gasteiger partial charge in [-0.3, -0.25) is 9.03 Å². The van der Waals surface area contributed by atoms with Gasteiger partial charge in [-0.1, -0.05) is 0 Å². The maximum absolute atomic E-state index is 11.3. The first-order valence-electron chi connectivity index (χ1n) is 4.61. The van der Waals surface area contributed by atoms with Crippen molar-refractivity contribution in [1.82, 2.24) is 0 Å². The maximum atomic E-state index is 11.3. The Kier molecular flexibility index (Phi) is 3.68. The first-order valence-corrected chi connectivity index (χ1v) is 8.35. The van der Waals surface area contributed by atoms with Gasteiger partial charge in [0.2, 0.25) is 20.0 Å². The van der Waals surface area contributed by atoms with Crippen LogP contribution in [0.5, 0.6) is 0 Å². The molecule has 8 heteroatoms. The van der Waals surface area contributed by atoms with Crippen LogP contribution in [0.2, 0.25) is 0 Å². The molecule has 1 aromatic carbocycles. The second-order valence-electron chi connectivity index (χ2n) is 3.65. The fourth-order valence-corrected chi connectivity index (χ4v) is 2.21. The number of benzene rings is 1. The van der Waals surface area contributed by atoms with Crippen LogP contribution in [0.4, 0.5) is 11.4 Å². The van der Waals surface area contributed by atoms with Gasteiger partial charge in [0.1, 0.15) is 0 Å². The number of nitrogens with zero attached hydrogens (tertiary/aromatic N) is 1. The number of sulfonamides is 2. The van der Waals surface area contributed by atoms with Gasteiger partial charge in [-0.05, 0) is 24.3 Å². The molecule has 6 nitrogen and oxygen atoms in total. The van der Waals surface area contributed by atoms with Crippen molar-refractivity contribution in [2.45, 2.75) is 0 Å². The quantitative estimate of drug-likeness (QED) is 0.867. The lowest BCUT2D eigenvalue weighted by molar-refractivity contribution is 0.599. The van der Waals surface area contributed by atoms with Gasteiger partial charge in [0.05, 0.1) is 18.2 Å². The summed E-state index contributed by atoms with van der Waals surface area (Å²) in [4.78, 5) is 0. The molecule has 0 atom stereocenters. The second-order valence-corrected chi connectivity index (χ2v) is 7.41. The van der Waals surface area contributed by atoms with Gasteiger partial charge in [-0.2, -0.15) is 0 Å². The average molecular weight is 278 g/mol. The van der Waals surface area contributed by atoms with Gasteiger partial charge < -0.3 is 0 Å². The second kappa shape index (κ2) is 4.53. The van der Waals surface area contributed by atoms with Crippen molar-refractivity contribution in [3.63, 3.8) is 0 Å². The number of anilines is 2. The number of nitrogens with one attached hydrogen (secondary N) is 1. The Hall–Kier alpha value is -1.28. The molecule has 0 amide bonds. The highest BCUT2D eigenvalue weighted by atomic mass is 32.2. The van der Waals surface area contributed by atoms with E-state index in [1.54, 1.807) is 0 Å². The molecule has 0 unspecified atom stereocenters. The molecular weight excluding hydrogens is 264 g/mol. The minimum atomic E-state index is -3.32. The third-order valence-electron chi connectivity index (χ3n) is 2.03. The van der Waals surface area contributed by atoms with Crippen molar-refractivity contribution in [1.29, 1.82) is 0 Å². The van der Waals surface area contributed by atoms with Crippen LogP contribution >= 0.6 is 0 Å². The lowest BCUT2D eigenvalue weighted by Gasteiger charge is -2.16. The molecule has 0 fully saturated rings. The van der Waals surface area contributed by atoms with E-state index in [4.69, 9.17) is 0 Å². The maximum Gasteiger partial charge on any atom is 0.231 e. The van der Waals surface area contributed by atoms with E-state index in [9.17, 15) is 16.8 Å². The Morgan fingerprint density at radius 1 is 1.00 bits per heavy atom. The molecule has 0 saturated carbocycles. The minimum Gasteiger partial charge on any atom is -0.284 e. The van der Waals surface area contributed by atoms with Crippen molar-refractivity contribution < 1.29 is 16.8 Å². The average Bonchev–Trinajstić information content (AvgIpc) is 2.14. The van der Waals surface area contributed by atoms with Crippen LogP contribution in [0.1, 0.15) is 0 Å². The summed E-state index contributed by atoms with van der Waals surface area (Å²) >= 11 is 0. The molecule has 0 spiro atoms. The van der Waals surface area contributed by atoms with E-state index < -0.39 is 20.0 Å². The van der Waals surface area contributed by atoms with E-state index in [1.807, 2.05) is 0 Å². The Balaban J connectivity index is 2.97. The predicted molar refractivity (Wildman–Crippen MR) is 68.2 cm³/mol. The zero-order chi connectivity index (χ0) is 13.3. The summed E-state index contributed by atoms with van der Waals surface area (Å²) in [6.45, 7) is 0. The Labute approximate surface area is 101 Å². The summed E-state index contributed by atoms with van der Waals surface area (Å²) < 4.78 is 47.8. The van der Waals surface area contributed by atoms with Crippen LogP contribution in [0, 0.1) is 0 Å². The number of hydrogen-bond donors (Lipinski definition) is 1. The third-order valence-corrected chi connectivity index (χ3v) is 3.84. The van der Waals surface area contributed by atoms with Crippen molar-refractivity contribution >= 4 is 31.4 Å². The SMILES string of the molecule is CN(c1ccc(NS(C)(=O)=O)cc1)S(C)(=O)=O. The van der Waals surface area contributed by atoms with Gasteiger partial charge in [-0.15, -0.1) is 0 Å². The van der Waals surface area contributed by atoms with Crippen LogP contribution in [-0.4, -0.2) is 36.4 Å². The highest BCUT2D eigenvalue weighted by Crippen LogP contribution is 2.19. The number of hydrogen-bond acceptors (Lipinski definition) is 4. The van der Waals surface area contributed by atoms with E-state index in [2.05, 4.69) is 4.72 Å². The van der Waals surface area contributed by atoms with Crippen LogP contribution in [0.15, 0.2) is 24.3 Å². The predicted octanol–water partition coefficient (Wildman–Crippen LogP) is 0.454. The minimum absolute atomic E-state index is 0.387. The Bertz CT molecular complexity index is 590. The molecule has 1 N–H and O–H groups in total. The highest BCUT2D eigenvalue weighted by Gasteiger charge is 2.11. The zero-order valence-electron chi connectivity index (χ0n) is 9.71. The summed E-state index contributed by atoms with van der Waals surface area (Å²) in [7, 11) is -5.20. The van der Waals surface area contributed by atoms with E-state index in [0.717, 1.165) is 16.8 Å². The summed E-state index contributed by atoms with van der Waals surface area (Å²) in [5.74, 6) is 0. The highest BCUT2D eigenvalue weighted by molar-refractivity contribution is 7.92. The van der Waals surface area contributed by atoms with E-state index >= 15 is 0 Å². The molecule has 0 aliphatic heterocycles. The normalized spacial score (nSPS) is 12.2. The molecule has 0 aliphatic carbocycles. The zero-order valence-corrected chi connectivity index (χ0v) is 11.3. The Morgan fingerprint density at radius 3 is 1.82 bits per heavy atom. The summed E-state index contributed by atoms with van der Waals surface area (Å²) in [6, 6.07) is 6.04. The summed E-state index contributed by atoms with van der Waals surface area (Å²) in [5.41, 5.74) is 0.852. The largest absolute Gasteiger partial charge is 0.284 e. The van der Waals surface area contributed by atoms with Crippen molar-refractivity contribution in [3.05, 3.63) is 24.3 Å². The molecule has 0 saturated heterocycles. The van der Waals surface area contributed by atoms with E-state index in [-0.39, 0.29) is 0 Å².